The van der Waals surface area contributed by atoms with E-state index in [1.54, 1.807) is 0 Å². The lowest BCUT2D eigenvalue weighted by molar-refractivity contribution is -0.910. The van der Waals surface area contributed by atoms with Crippen LogP contribution < -0.4 is 0 Å². The van der Waals surface area contributed by atoms with E-state index in [1.165, 1.54) is 32.1 Å². The van der Waals surface area contributed by atoms with Crippen LogP contribution in [0.2, 0.25) is 0 Å². The Hall–Kier alpha value is -0.210. The van der Waals surface area contributed by atoms with E-state index < -0.39 is 10.1 Å². The highest BCUT2D eigenvalue weighted by Gasteiger charge is 2.21. The molecule has 0 aliphatic rings. The number of hydrogen-bond acceptors (Lipinski definition) is 4. The van der Waals surface area contributed by atoms with E-state index in [4.69, 9.17) is 14.0 Å². The monoisotopic (exact) mass is 396 g/mol. The summed E-state index contributed by atoms with van der Waals surface area (Å²) in [5, 5.41) is 0. The molecule has 0 spiro atoms. The smallest absolute Gasteiger partial charge is 0.265 e. The number of rotatable bonds is 19. The fourth-order valence-electron chi connectivity index (χ4n) is 2.99. The Morgan fingerprint density at radius 1 is 0.731 bits per heavy atom. The van der Waals surface area contributed by atoms with Crippen LogP contribution in [0.1, 0.15) is 65.2 Å². The molecule has 1 atom stereocenters. The second-order valence-corrected chi connectivity index (χ2v) is 8.99. The Morgan fingerprint density at radius 2 is 1.31 bits per heavy atom. The quantitative estimate of drug-likeness (QED) is 0.205. The molecule has 0 heterocycles. The van der Waals surface area contributed by atoms with Gasteiger partial charge in [-0.25, -0.2) is 0 Å². The molecule has 0 saturated carbocycles. The zero-order valence-corrected chi connectivity index (χ0v) is 18.1. The van der Waals surface area contributed by atoms with Crippen molar-refractivity contribution in [1.29, 1.82) is 0 Å². The van der Waals surface area contributed by atoms with Crippen LogP contribution in [0.15, 0.2) is 0 Å². The molecule has 0 aromatic heterocycles. The number of nitrogens with zero attached hydrogens (tertiary/aromatic N) is 1. The van der Waals surface area contributed by atoms with Gasteiger partial charge in [-0.2, -0.15) is 8.42 Å². The maximum absolute atomic E-state index is 11.0. The number of unbranched alkanes of at least 4 members (excludes halogenated alkanes) is 5. The maximum atomic E-state index is 11.0. The SMILES string of the molecule is CCCCCCCC[N+](C)(CCCS(=O)(=O)O)CCOCCOCCC. The van der Waals surface area contributed by atoms with Crippen molar-refractivity contribution in [3.05, 3.63) is 0 Å². The van der Waals surface area contributed by atoms with Gasteiger partial charge in [-0.05, 0) is 19.3 Å². The van der Waals surface area contributed by atoms with E-state index in [0.717, 1.165) is 43.6 Å². The third-order valence-electron chi connectivity index (χ3n) is 4.65. The van der Waals surface area contributed by atoms with Gasteiger partial charge in [-0.3, -0.25) is 4.55 Å². The molecule has 1 unspecified atom stereocenters. The summed E-state index contributed by atoms with van der Waals surface area (Å²) < 4.78 is 42.8. The molecule has 6 nitrogen and oxygen atoms in total. The minimum Gasteiger partial charge on any atom is -0.379 e. The molecule has 1 N–H and O–H groups in total. The highest BCUT2D eigenvalue weighted by atomic mass is 32.2. The standard InChI is InChI=1S/C19H41NO5S/c1-4-6-7-8-9-10-12-20(3,13-11-19-26(21,22)23)14-16-25-18-17-24-15-5-2/h4-19H2,1-3H3/p+1. The van der Waals surface area contributed by atoms with E-state index in [0.29, 0.717) is 26.2 Å². The Balaban J connectivity index is 4.16. The Kier molecular flexibility index (Phi) is 15.7. The highest BCUT2D eigenvalue weighted by molar-refractivity contribution is 7.85. The molecule has 0 bridgehead atoms. The molecule has 7 heteroatoms. The van der Waals surface area contributed by atoms with Crippen molar-refractivity contribution in [3.8, 4) is 0 Å². The van der Waals surface area contributed by atoms with Crippen molar-refractivity contribution in [2.75, 3.05) is 58.9 Å². The van der Waals surface area contributed by atoms with Gasteiger partial charge in [0.15, 0.2) is 0 Å². The third-order valence-corrected chi connectivity index (χ3v) is 5.45. The fourth-order valence-corrected chi connectivity index (χ4v) is 3.48. The minimum absolute atomic E-state index is 0.164. The zero-order chi connectivity index (χ0) is 19.7. The molecule has 0 rings (SSSR count). The summed E-state index contributed by atoms with van der Waals surface area (Å²) in [6.45, 7) is 9.55. The van der Waals surface area contributed by atoms with Crippen LogP contribution in [-0.2, 0) is 19.6 Å². The minimum atomic E-state index is -3.88. The number of hydrogen-bond donors (Lipinski definition) is 1. The summed E-state index contributed by atoms with van der Waals surface area (Å²) in [6, 6.07) is 0. The van der Waals surface area contributed by atoms with Gasteiger partial charge in [0, 0.05) is 13.0 Å². The molecule has 0 aliphatic heterocycles. The molecule has 0 saturated heterocycles. The average Bonchev–Trinajstić information content (AvgIpc) is 2.56. The van der Waals surface area contributed by atoms with Crippen molar-refractivity contribution in [1.82, 2.24) is 0 Å². The molecule has 0 amide bonds. The van der Waals surface area contributed by atoms with E-state index in [1.807, 2.05) is 0 Å². The zero-order valence-electron chi connectivity index (χ0n) is 17.2. The van der Waals surface area contributed by atoms with Crippen LogP contribution in [0, 0.1) is 0 Å². The molecule has 158 valence electrons. The predicted octanol–water partition coefficient (Wildman–Crippen LogP) is 3.51. The summed E-state index contributed by atoms with van der Waals surface area (Å²) in [6.07, 6.45) is 8.97. The first-order valence-electron chi connectivity index (χ1n) is 10.3. The molecule has 0 fully saturated rings. The second kappa shape index (κ2) is 15.8. The fraction of sp³-hybridized carbons (Fsp3) is 1.00. The van der Waals surface area contributed by atoms with Crippen molar-refractivity contribution >= 4 is 10.1 Å². The number of ether oxygens (including phenoxy) is 2. The lowest BCUT2D eigenvalue weighted by Crippen LogP contribution is -2.48. The van der Waals surface area contributed by atoms with Crippen LogP contribution in [0.25, 0.3) is 0 Å². The van der Waals surface area contributed by atoms with Gasteiger partial charge in [-0.15, -0.1) is 0 Å². The van der Waals surface area contributed by atoms with Gasteiger partial charge in [0.2, 0.25) is 0 Å². The summed E-state index contributed by atoms with van der Waals surface area (Å²) in [7, 11) is -1.72. The molecule has 0 aromatic carbocycles. The number of quaternary nitrogens is 1. The van der Waals surface area contributed by atoms with Gasteiger partial charge in [0.05, 0.1) is 45.7 Å². The summed E-state index contributed by atoms with van der Waals surface area (Å²) in [5.41, 5.74) is 0. The molecule has 0 aliphatic carbocycles. The Bertz CT molecular complexity index is 416. The van der Waals surface area contributed by atoms with Crippen molar-refractivity contribution in [2.24, 2.45) is 0 Å². The van der Waals surface area contributed by atoms with Gasteiger partial charge in [0.25, 0.3) is 10.1 Å². The van der Waals surface area contributed by atoms with E-state index >= 15 is 0 Å². The highest BCUT2D eigenvalue weighted by Crippen LogP contribution is 2.11. The second-order valence-electron chi connectivity index (χ2n) is 7.42. The Labute approximate surface area is 161 Å². The van der Waals surface area contributed by atoms with E-state index in [9.17, 15) is 8.42 Å². The summed E-state index contributed by atoms with van der Waals surface area (Å²) in [5.74, 6) is -0.164. The van der Waals surface area contributed by atoms with Crippen LogP contribution in [0.4, 0.5) is 0 Å². The lowest BCUT2D eigenvalue weighted by atomic mass is 10.1. The maximum Gasteiger partial charge on any atom is 0.265 e. The molecule has 0 aromatic rings. The molecule has 0 radical (unpaired) electrons. The van der Waals surface area contributed by atoms with E-state index in [2.05, 4.69) is 20.9 Å². The van der Waals surface area contributed by atoms with Gasteiger partial charge in [-0.1, -0.05) is 39.5 Å². The van der Waals surface area contributed by atoms with E-state index in [-0.39, 0.29) is 5.75 Å². The van der Waals surface area contributed by atoms with Gasteiger partial charge in [0.1, 0.15) is 6.54 Å². The summed E-state index contributed by atoms with van der Waals surface area (Å²) in [4.78, 5) is 0. The third kappa shape index (κ3) is 17.2. The first-order valence-corrected chi connectivity index (χ1v) is 11.9. The first kappa shape index (κ1) is 25.8. The van der Waals surface area contributed by atoms with Crippen molar-refractivity contribution in [3.63, 3.8) is 0 Å². The molecular formula is C19H42NO5S+. The van der Waals surface area contributed by atoms with Crippen LogP contribution >= 0.6 is 0 Å². The average molecular weight is 397 g/mol. The largest absolute Gasteiger partial charge is 0.379 e. The Morgan fingerprint density at radius 3 is 1.92 bits per heavy atom. The normalized spacial score (nSPS) is 14.5. The van der Waals surface area contributed by atoms with Crippen LogP contribution in [0.3, 0.4) is 0 Å². The van der Waals surface area contributed by atoms with Gasteiger partial charge < -0.3 is 14.0 Å². The van der Waals surface area contributed by atoms with Gasteiger partial charge >= 0.3 is 0 Å². The lowest BCUT2D eigenvalue weighted by Gasteiger charge is -2.34. The predicted molar refractivity (Wildman–Crippen MR) is 107 cm³/mol. The van der Waals surface area contributed by atoms with Crippen LogP contribution in [-0.4, -0.2) is 76.3 Å². The van der Waals surface area contributed by atoms with Crippen LogP contribution in [0.5, 0.6) is 0 Å². The van der Waals surface area contributed by atoms with Crippen molar-refractivity contribution in [2.45, 2.75) is 65.2 Å². The summed E-state index contributed by atoms with van der Waals surface area (Å²) >= 11 is 0. The van der Waals surface area contributed by atoms with Crippen molar-refractivity contribution < 1.29 is 26.9 Å². The topological polar surface area (TPSA) is 72.8 Å². The molecule has 26 heavy (non-hydrogen) atoms. The first-order chi connectivity index (χ1) is 12.3. The molecular weight excluding hydrogens is 354 g/mol. The number of likely N-dealkylation sites (N-methyl/N-ethyl adjacent to an activating group) is 1.